The van der Waals surface area contributed by atoms with E-state index in [0.29, 0.717) is 47.5 Å². The number of anilines is 1. The molecule has 1 aliphatic carbocycles. The van der Waals surface area contributed by atoms with Gasteiger partial charge < -0.3 is 10.6 Å². The number of benzene rings is 1. The van der Waals surface area contributed by atoms with Gasteiger partial charge in [-0.1, -0.05) is 29.6 Å². The van der Waals surface area contributed by atoms with Gasteiger partial charge in [-0.25, -0.2) is 0 Å². The highest BCUT2D eigenvalue weighted by molar-refractivity contribution is 7.16. The van der Waals surface area contributed by atoms with Gasteiger partial charge in [0.25, 0.3) is 5.91 Å². The van der Waals surface area contributed by atoms with Crippen LogP contribution in [0.5, 0.6) is 0 Å². The lowest BCUT2D eigenvalue weighted by Crippen LogP contribution is -2.72. The van der Waals surface area contributed by atoms with E-state index in [-0.39, 0.29) is 10.6 Å². The van der Waals surface area contributed by atoms with Gasteiger partial charge in [0.1, 0.15) is 11.1 Å². The topological polar surface area (TPSA) is 64.9 Å². The van der Waals surface area contributed by atoms with Crippen molar-refractivity contribution in [3.8, 4) is 6.07 Å². The third-order valence-corrected chi connectivity index (χ3v) is 6.92. The summed E-state index contributed by atoms with van der Waals surface area (Å²) in [5, 5.41) is 11.0. The van der Waals surface area contributed by atoms with Gasteiger partial charge in [-0.3, -0.25) is 4.79 Å². The zero-order chi connectivity index (χ0) is 24.6. The average Bonchev–Trinajstić information content (AvgIpc) is 2.84. The molecule has 178 valence electrons. The first-order valence-electron chi connectivity index (χ1n) is 9.54. The first kappa shape index (κ1) is 25.5. The second kappa shape index (κ2) is 9.24. The van der Waals surface area contributed by atoms with Crippen LogP contribution in [0.2, 0.25) is 10.0 Å². The van der Waals surface area contributed by atoms with E-state index < -0.39 is 39.5 Å². The van der Waals surface area contributed by atoms with Crippen LogP contribution >= 0.6 is 34.5 Å². The van der Waals surface area contributed by atoms with Crippen LogP contribution in [-0.2, 0) is 12.8 Å². The first-order valence-corrected chi connectivity index (χ1v) is 11.1. The Morgan fingerprint density at radius 1 is 1.03 bits per heavy atom. The predicted molar refractivity (Wildman–Crippen MR) is 113 cm³/mol. The summed E-state index contributed by atoms with van der Waals surface area (Å²) < 4.78 is 84.3. The van der Waals surface area contributed by atoms with Crippen molar-refractivity contribution in [3.05, 3.63) is 49.8 Å². The van der Waals surface area contributed by atoms with E-state index in [1.165, 1.54) is 5.32 Å². The highest BCUT2D eigenvalue weighted by Crippen LogP contribution is 2.47. The molecule has 0 radical (unpaired) electrons. The fourth-order valence-corrected chi connectivity index (χ4v) is 5.30. The molecule has 13 heteroatoms. The van der Waals surface area contributed by atoms with E-state index >= 15 is 0 Å². The van der Waals surface area contributed by atoms with Crippen molar-refractivity contribution in [1.82, 2.24) is 5.32 Å². The molecule has 2 N–H and O–H groups in total. The van der Waals surface area contributed by atoms with Crippen molar-refractivity contribution < 1.29 is 31.1 Å². The van der Waals surface area contributed by atoms with Crippen molar-refractivity contribution in [2.45, 2.75) is 50.1 Å². The van der Waals surface area contributed by atoms with Crippen LogP contribution < -0.4 is 10.6 Å². The fourth-order valence-electron chi connectivity index (χ4n) is 3.51. The van der Waals surface area contributed by atoms with Gasteiger partial charge in [0.2, 0.25) is 0 Å². The second-order valence-corrected chi connectivity index (χ2v) is 9.28. The van der Waals surface area contributed by atoms with Gasteiger partial charge in [-0.05, 0) is 49.4 Å². The summed E-state index contributed by atoms with van der Waals surface area (Å²) in [5.41, 5.74) is -5.36. The zero-order valence-electron chi connectivity index (χ0n) is 16.6. The van der Waals surface area contributed by atoms with Crippen molar-refractivity contribution >= 4 is 45.4 Å². The van der Waals surface area contributed by atoms with Crippen molar-refractivity contribution in [1.29, 1.82) is 5.26 Å². The molecule has 0 fully saturated rings. The Balaban J connectivity index is 2.11. The van der Waals surface area contributed by atoms with Crippen LogP contribution in [0.1, 0.15) is 45.6 Å². The minimum atomic E-state index is -6.03. The summed E-state index contributed by atoms with van der Waals surface area (Å²) in [7, 11) is 0. The molecule has 0 atom stereocenters. The molecule has 0 saturated heterocycles. The Hall–Kier alpha value is -2.16. The van der Waals surface area contributed by atoms with E-state index in [9.17, 15) is 36.4 Å². The molecule has 3 rings (SSSR count). The van der Waals surface area contributed by atoms with Gasteiger partial charge in [0, 0.05) is 9.90 Å². The Morgan fingerprint density at radius 2 is 1.67 bits per heavy atom. The number of nitrogens with zero attached hydrogens (tertiary/aromatic N) is 1. The number of amides is 1. The largest absolute Gasteiger partial charge is 0.439 e. The van der Waals surface area contributed by atoms with Gasteiger partial charge in [-0.15, -0.1) is 11.3 Å². The number of halogens is 8. The smallest absolute Gasteiger partial charge is 0.338 e. The SMILES string of the molecule is N#Cc1c(NC(NC(=O)c2ccc(Cl)cc2Cl)(C(F)(F)F)C(F)(F)F)sc2c1CCCCC2. The van der Waals surface area contributed by atoms with Gasteiger partial charge in [-0.2, -0.15) is 31.6 Å². The molecule has 0 aliphatic heterocycles. The molecule has 0 spiro atoms. The Morgan fingerprint density at radius 3 is 2.24 bits per heavy atom. The maximum Gasteiger partial charge on any atom is 0.439 e. The van der Waals surface area contributed by atoms with Crippen molar-refractivity contribution in [2.75, 3.05) is 5.32 Å². The predicted octanol–water partition coefficient (Wildman–Crippen LogP) is 6.86. The summed E-state index contributed by atoms with van der Waals surface area (Å²) in [6.07, 6.45) is -9.06. The highest BCUT2D eigenvalue weighted by atomic mass is 35.5. The third-order valence-electron chi connectivity index (χ3n) is 5.16. The molecule has 1 aromatic heterocycles. The normalized spacial score (nSPS) is 14.8. The van der Waals surface area contributed by atoms with Crippen LogP contribution in [0, 0.1) is 11.3 Å². The van der Waals surface area contributed by atoms with Gasteiger partial charge in [0.15, 0.2) is 0 Å². The van der Waals surface area contributed by atoms with Gasteiger partial charge >= 0.3 is 18.0 Å². The number of fused-ring (bicyclic) bond motifs is 1. The van der Waals surface area contributed by atoms with E-state index in [2.05, 4.69) is 0 Å². The van der Waals surface area contributed by atoms with Crippen molar-refractivity contribution in [2.24, 2.45) is 0 Å². The summed E-state index contributed by atoms with van der Waals surface area (Å²) in [4.78, 5) is 13.1. The minimum absolute atomic E-state index is 0.0336. The molecule has 0 saturated carbocycles. The number of nitriles is 1. The second-order valence-electron chi connectivity index (χ2n) is 7.33. The number of carbonyl (C=O) groups is 1. The number of hydrogen-bond donors (Lipinski definition) is 2. The molecule has 1 heterocycles. The Bertz CT molecular complexity index is 1090. The molecule has 0 bridgehead atoms. The van der Waals surface area contributed by atoms with Crippen LogP contribution in [-0.4, -0.2) is 23.9 Å². The van der Waals surface area contributed by atoms with Gasteiger partial charge in [0.05, 0.1) is 16.1 Å². The molecule has 1 aliphatic rings. The van der Waals surface area contributed by atoms with Crippen LogP contribution in [0.15, 0.2) is 18.2 Å². The molecule has 2 aromatic rings. The summed E-state index contributed by atoms with van der Waals surface area (Å²) >= 11 is 12.1. The zero-order valence-corrected chi connectivity index (χ0v) is 18.9. The monoisotopic (exact) mass is 529 g/mol. The van der Waals surface area contributed by atoms with Crippen molar-refractivity contribution in [3.63, 3.8) is 0 Å². The van der Waals surface area contributed by atoms with E-state index in [1.807, 2.05) is 0 Å². The standard InChI is InChI=1S/C20H15Cl2F6N3OS/c21-10-6-7-12(14(22)8-10)16(32)30-18(19(23,24)25,20(26,27)28)31-17-13(9-29)11-4-2-1-3-5-15(11)33-17/h6-8,31H,1-5H2,(H,30,32). The fraction of sp³-hybridized carbons (Fsp3) is 0.400. The molecule has 0 unspecified atom stereocenters. The average molecular weight is 530 g/mol. The minimum Gasteiger partial charge on any atom is -0.338 e. The highest BCUT2D eigenvalue weighted by Gasteiger charge is 2.73. The molecular formula is C20H15Cl2F6N3OS. The number of nitrogens with one attached hydrogen (secondary N) is 2. The van der Waals surface area contributed by atoms with Crippen LogP contribution in [0.4, 0.5) is 31.3 Å². The lowest BCUT2D eigenvalue weighted by atomic mass is 10.0. The van der Waals surface area contributed by atoms with Crippen LogP contribution in [0.3, 0.4) is 0 Å². The molecule has 4 nitrogen and oxygen atoms in total. The van der Waals surface area contributed by atoms with E-state index in [0.717, 1.165) is 29.9 Å². The lowest BCUT2D eigenvalue weighted by molar-refractivity contribution is -0.293. The first-order chi connectivity index (χ1) is 15.3. The number of rotatable bonds is 4. The molecular weight excluding hydrogens is 515 g/mol. The number of alkyl halides is 6. The molecule has 33 heavy (non-hydrogen) atoms. The quantitative estimate of drug-likeness (QED) is 0.258. The number of carbonyl (C=O) groups excluding carboxylic acids is 1. The Labute approximate surface area is 198 Å². The maximum atomic E-state index is 14.1. The number of hydrogen-bond acceptors (Lipinski definition) is 4. The lowest BCUT2D eigenvalue weighted by Gasteiger charge is -2.38. The van der Waals surface area contributed by atoms with Crippen LogP contribution in [0.25, 0.3) is 0 Å². The number of aryl methyl sites for hydroxylation is 1. The summed E-state index contributed by atoms with van der Waals surface area (Å²) in [5.74, 6) is -1.73. The summed E-state index contributed by atoms with van der Waals surface area (Å²) in [6, 6.07) is 4.74. The van der Waals surface area contributed by atoms with E-state index in [1.54, 1.807) is 6.07 Å². The molecule has 1 amide bonds. The van der Waals surface area contributed by atoms with E-state index in [4.69, 9.17) is 23.2 Å². The third kappa shape index (κ3) is 4.88. The summed E-state index contributed by atoms with van der Waals surface area (Å²) in [6.45, 7) is 0. The Kier molecular flexibility index (Phi) is 7.13. The molecule has 1 aromatic carbocycles. The number of thiophene rings is 1. The maximum absolute atomic E-state index is 14.1.